The van der Waals surface area contributed by atoms with E-state index in [-0.39, 0.29) is 16.6 Å². The number of nitrogens with one attached hydrogen (secondary N) is 1. The molecule has 0 unspecified atom stereocenters. The molecule has 7 nitrogen and oxygen atoms in total. The van der Waals surface area contributed by atoms with Gasteiger partial charge in [-0.05, 0) is 24.3 Å². The Hall–Kier alpha value is -3.20. The molecule has 0 atom stereocenters. The predicted molar refractivity (Wildman–Crippen MR) is 95.7 cm³/mol. The van der Waals surface area contributed by atoms with Crippen molar-refractivity contribution in [1.82, 2.24) is 14.9 Å². The van der Waals surface area contributed by atoms with E-state index in [1.807, 2.05) is 5.32 Å². The Balaban J connectivity index is 2.12. The number of nitrogens with zero attached hydrogens (tertiary/aromatic N) is 2. The number of amides is 3. The average Bonchev–Trinajstić information content (AvgIpc) is 2.60. The van der Waals surface area contributed by atoms with Crippen molar-refractivity contribution in [3.63, 3.8) is 0 Å². The molecule has 3 rings (SSSR count). The standard InChI is InChI=1S/C17H13FN4O3S/c18-11-6-2-4-8-13(11)22-15(24)10-5-1-3-7-12(10)20-17(22)26-9-14(23)21-16(19)25/h1-8H,9H2,(H3,19,21,23,25). The first-order valence-corrected chi connectivity index (χ1v) is 8.44. The molecule has 0 radical (unpaired) electrons. The SMILES string of the molecule is NC(=O)NC(=O)CSc1nc2ccccc2c(=O)n1-c1ccccc1F. The summed E-state index contributed by atoms with van der Waals surface area (Å²) in [5, 5.41) is 2.37. The molecule has 0 spiro atoms. The number of urea groups is 1. The molecule has 3 N–H and O–H groups in total. The number of thioether (sulfide) groups is 1. The van der Waals surface area contributed by atoms with E-state index in [4.69, 9.17) is 5.73 Å². The quantitative estimate of drug-likeness (QED) is 0.537. The van der Waals surface area contributed by atoms with Crippen LogP contribution in [0.1, 0.15) is 0 Å². The van der Waals surface area contributed by atoms with Gasteiger partial charge in [-0.1, -0.05) is 36.0 Å². The molecule has 0 aliphatic heterocycles. The second-order valence-corrected chi connectivity index (χ2v) is 6.15. The van der Waals surface area contributed by atoms with E-state index in [9.17, 15) is 18.8 Å². The number of para-hydroxylation sites is 2. The van der Waals surface area contributed by atoms with Crippen LogP contribution >= 0.6 is 11.8 Å². The number of imide groups is 1. The van der Waals surface area contributed by atoms with Crippen LogP contribution < -0.4 is 16.6 Å². The van der Waals surface area contributed by atoms with Crippen LogP contribution in [0.5, 0.6) is 0 Å². The highest BCUT2D eigenvalue weighted by molar-refractivity contribution is 7.99. The molecule has 132 valence electrons. The number of carbonyl (C=O) groups is 2. The predicted octanol–water partition coefficient (Wildman–Crippen LogP) is 1.81. The van der Waals surface area contributed by atoms with Gasteiger partial charge in [0, 0.05) is 0 Å². The maximum Gasteiger partial charge on any atom is 0.318 e. The molecule has 0 aliphatic rings. The van der Waals surface area contributed by atoms with Gasteiger partial charge in [0.2, 0.25) is 5.91 Å². The molecule has 0 saturated heterocycles. The first-order chi connectivity index (χ1) is 12.5. The minimum Gasteiger partial charge on any atom is -0.351 e. The van der Waals surface area contributed by atoms with Gasteiger partial charge in [0.05, 0.1) is 22.3 Å². The second kappa shape index (κ2) is 7.36. The van der Waals surface area contributed by atoms with Crippen molar-refractivity contribution in [2.45, 2.75) is 5.16 Å². The van der Waals surface area contributed by atoms with Crippen LogP contribution in [0.3, 0.4) is 0 Å². The zero-order valence-electron chi connectivity index (χ0n) is 13.3. The smallest absolute Gasteiger partial charge is 0.318 e. The summed E-state index contributed by atoms with van der Waals surface area (Å²) < 4.78 is 15.4. The number of aromatic nitrogens is 2. The van der Waals surface area contributed by atoms with Crippen LogP contribution in [0.15, 0.2) is 58.5 Å². The molecule has 1 aromatic heterocycles. The molecule has 9 heteroatoms. The lowest BCUT2D eigenvalue weighted by Crippen LogP contribution is -2.36. The number of halogens is 1. The number of primary amides is 1. The third-order valence-electron chi connectivity index (χ3n) is 3.43. The second-order valence-electron chi connectivity index (χ2n) is 5.20. The molecule has 0 fully saturated rings. The number of nitrogens with two attached hydrogens (primary N) is 1. The Morgan fingerprint density at radius 1 is 1.15 bits per heavy atom. The zero-order chi connectivity index (χ0) is 18.7. The fourth-order valence-corrected chi connectivity index (χ4v) is 3.16. The first kappa shape index (κ1) is 17.6. The fourth-order valence-electron chi connectivity index (χ4n) is 2.36. The lowest BCUT2D eigenvalue weighted by atomic mass is 10.2. The zero-order valence-corrected chi connectivity index (χ0v) is 14.1. The maximum absolute atomic E-state index is 14.3. The highest BCUT2D eigenvalue weighted by Crippen LogP contribution is 2.22. The number of hydrogen-bond acceptors (Lipinski definition) is 5. The van der Waals surface area contributed by atoms with Crippen molar-refractivity contribution in [2.75, 3.05) is 5.75 Å². The Morgan fingerprint density at radius 2 is 1.85 bits per heavy atom. The van der Waals surface area contributed by atoms with Crippen LogP contribution in [0.2, 0.25) is 0 Å². The Bertz CT molecular complexity index is 1070. The summed E-state index contributed by atoms with van der Waals surface area (Å²) in [6, 6.07) is 11.4. The summed E-state index contributed by atoms with van der Waals surface area (Å²) in [4.78, 5) is 39.7. The maximum atomic E-state index is 14.3. The molecule has 3 amide bonds. The van der Waals surface area contributed by atoms with Crippen LogP contribution in [0, 0.1) is 5.82 Å². The van der Waals surface area contributed by atoms with E-state index < -0.39 is 23.3 Å². The molecule has 1 heterocycles. The summed E-state index contributed by atoms with van der Waals surface area (Å²) in [5.74, 6) is -1.47. The normalized spacial score (nSPS) is 10.7. The van der Waals surface area contributed by atoms with Gasteiger partial charge in [-0.2, -0.15) is 0 Å². The van der Waals surface area contributed by atoms with Gasteiger partial charge in [0.15, 0.2) is 5.16 Å². The molecule has 0 aliphatic carbocycles. The monoisotopic (exact) mass is 372 g/mol. The van der Waals surface area contributed by atoms with E-state index in [1.54, 1.807) is 30.3 Å². The molecule has 2 aromatic carbocycles. The van der Waals surface area contributed by atoms with Gasteiger partial charge in [-0.25, -0.2) is 14.2 Å². The Labute approximate surface area is 151 Å². The largest absolute Gasteiger partial charge is 0.351 e. The Kier molecular flexibility index (Phi) is 4.99. The molecule has 0 bridgehead atoms. The van der Waals surface area contributed by atoms with Gasteiger partial charge in [-0.3, -0.25) is 19.5 Å². The highest BCUT2D eigenvalue weighted by atomic mass is 32.2. The van der Waals surface area contributed by atoms with E-state index >= 15 is 0 Å². The summed E-state index contributed by atoms with van der Waals surface area (Å²) in [5.41, 5.74) is 4.88. The third-order valence-corrected chi connectivity index (χ3v) is 4.37. The molecular weight excluding hydrogens is 359 g/mol. The van der Waals surface area contributed by atoms with Crippen molar-refractivity contribution >= 4 is 34.6 Å². The van der Waals surface area contributed by atoms with Gasteiger partial charge in [-0.15, -0.1) is 0 Å². The van der Waals surface area contributed by atoms with Crippen molar-refractivity contribution < 1.29 is 14.0 Å². The number of rotatable bonds is 4. The van der Waals surface area contributed by atoms with Gasteiger partial charge >= 0.3 is 6.03 Å². The lowest BCUT2D eigenvalue weighted by Gasteiger charge is -2.13. The van der Waals surface area contributed by atoms with Crippen molar-refractivity contribution in [2.24, 2.45) is 5.73 Å². The van der Waals surface area contributed by atoms with Crippen LogP contribution in [-0.2, 0) is 4.79 Å². The number of hydrogen-bond donors (Lipinski definition) is 2. The Morgan fingerprint density at radius 3 is 2.58 bits per heavy atom. The van der Waals surface area contributed by atoms with E-state index in [2.05, 4.69) is 4.98 Å². The van der Waals surface area contributed by atoms with Crippen molar-refractivity contribution in [3.8, 4) is 5.69 Å². The fraction of sp³-hybridized carbons (Fsp3) is 0.0588. The van der Waals surface area contributed by atoms with E-state index in [1.165, 1.54) is 18.2 Å². The van der Waals surface area contributed by atoms with E-state index in [0.29, 0.717) is 10.9 Å². The van der Waals surface area contributed by atoms with Gasteiger partial charge in [0.25, 0.3) is 5.56 Å². The van der Waals surface area contributed by atoms with Crippen molar-refractivity contribution in [3.05, 3.63) is 64.7 Å². The number of carbonyl (C=O) groups excluding carboxylic acids is 2. The minimum absolute atomic E-state index is 0.0218. The van der Waals surface area contributed by atoms with Crippen LogP contribution in [0.4, 0.5) is 9.18 Å². The topological polar surface area (TPSA) is 107 Å². The number of benzene rings is 2. The minimum atomic E-state index is -0.978. The summed E-state index contributed by atoms with van der Waals surface area (Å²) in [6.45, 7) is 0. The van der Waals surface area contributed by atoms with Crippen LogP contribution in [0.25, 0.3) is 16.6 Å². The van der Waals surface area contributed by atoms with E-state index in [0.717, 1.165) is 16.3 Å². The van der Waals surface area contributed by atoms with Crippen LogP contribution in [-0.4, -0.2) is 27.2 Å². The molecule has 26 heavy (non-hydrogen) atoms. The van der Waals surface area contributed by atoms with Crippen molar-refractivity contribution in [1.29, 1.82) is 0 Å². The highest BCUT2D eigenvalue weighted by Gasteiger charge is 2.17. The average molecular weight is 372 g/mol. The lowest BCUT2D eigenvalue weighted by molar-refractivity contribution is -0.117. The summed E-state index contributed by atoms with van der Waals surface area (Å²) in [6.07, 6.45) is 0. The summed E-state index contributed by atoms with van der Waals surface area (Å²) in [7, 11) is 0. The summed E-state index contributed by atoms with van der Waals surface area (Å²) >= 11 is 0.895. The molecule has 3 aromatic rings. The molecular formula is C17H13FN4O3S. The molecule has 0 saturated carbocycles. The number of fused-ring (bicyclic) bond motifs is 1. The van der Waals surface area contributed by atoms with Gasteiger partial charge < -0.3 is 5.73 Å². The third kappa shape index (κ3) is 3.57. The first-order valence-electron chi connectivity index (χ1n) is 7.46. The van der Waals surface area contributed by atoms with Gasteiger partial charge in [0.1, 0.15) is 5.82 Å².